The molecule has 1 unspecified atom stereocenters. The minimum absolute atomic E-state index is 0.211. The molecular weight excluding hydrogens is 263 g/mol. The average Bonchev–Trinajstić information content (AvgIpc) is 2.49. The monoisotopic (exact) mass is 284 g/mol. The Kier molecular flexibility index (Phi) is 4.93. The SMILES string of the molecule is COc1ccc(C(NN)C2(OC)CCOCC2)cc1F. The summed E-state index contributed by atoms with van der Waals surface area (Å²) < 4.78 is 29.9. The van der Waals surface area contributed by atoms with E-state index in [2.05, 4.69) is 5.43 Å². The van der Waals surface area contributed by atoms with Crippen LogP contribution in [0, 0.1) is 5.82 Å². The van der Waals surface area contributed by atoms with Gasteiger partial charge in [-0.15, -0.1) is 0 Å². The molecule has 112 valence electrons. The predicted octanol–water partition coefficient (Wildman–Crippen LogP) is 1.53. The summed E-state index contributed by atoms with van der Waals surface area (Å²) in [6.07, 6.45) is 1.40. The zero-order valence-electron chi connectivity index (χ0n) is 11.8. The van der Waals surface area contributed by atoms with Gasteiger partial charge in [-0.05, 0) is 17.7 Å². The Bertz CT molecular complexity index is 450. The molecule has 20 heavy (non-hydrogen) atoms. The zero-order valence-corrected chi connectivity index (χ0v) is 11.8. The quantitative estimate of drug-likeness (QED) is 0.634. The van der Waals surface area contributed by atoms with E-state index in [-0.39, 0.29) is 11.8 Å². The number of hydrogen-bond donors (Lipinski definition) is 2. The van der Waals surface area contributed by atoms with Crippen molar-refractivity contribution in [3.63, 3.8) is 0 Å². The van der Waals surface area contributed by atoms with Gasteiger partial charge in [0.25, 0.3) is 0 Å². The van der Waals surface area contributed by atoms with Gasteiger partial charge in [-0.2, -0.15) is 0 Å². The van der Waals surface area contributed by atoms with Crippen LogP contribution >= 0.6 is 0 Å². The summed E-state index contributed by atoms with van der Waals surface area (Å²) in [5, 5.41) is 0. The molecule has 0 amide bonds. The van der Waals surface area contributed by atoms with Crippen LogP contribution in [0.2, 0.25) is 0 Å². The normalized spacial score (nSPS) is 19.6. The third-order valence-corrected chi connectivity index (χ3v) is 3.95. The van der Waals surface area contributed by atoms with E-state index in [1.165, 1.54) is 13.2 Å². The van der Waals surface area contributed by atoms with Crippen LogP contribution in [-0.4, -0.2) is 33.0 Å². The number of nitrogens with two attached hydrogens (primary N) is 1. The lowest BCUT2D eigenvalue weighted by Crippen LogP contribution is -2.51. The van der Waals surface area contributed by atoms with Crippen molar-refractivity contribution < 1.29 is 18.6 Å². The maximum absolute atomic E-state index is 13.9. The van der Waals surface area contributed by atoms with E-state index in [1.807, 2.05) is 0 Å². The van der Waals surface area contributed by atoms with Gasteiger partial charge in [-0.3, -0.25) is 11.3 Å². The fraction of sp³-hybridized carbons (Fsp3) is 0.571. The first-order valence-electron chi connectivity index (χ1n) is 6.59. The van der Waals surface area contributed by atoms with Gasteiger partial charge in [-0.1, -0.05) is 6.07 Å². The zero-order chi connectivity index (χ0) is 14.6. The van der Waals surface area contributed by atoms with Crippen molar-refractivity contribution in [1.29, 1.82) is 0 Å². The van der Waals surface area contributed by atoms with Crippen LogP contribution in [-0.2, 0) is 9.47 Å². The number of benzene rings is 1. The standard InChI is InChI=1S/C14H21FN2O3/c1-18-12-4-3-10(9-11(12)15)13(17-16)14(19-2)5-7-20-8-6-14/h3-4,9,13,17H,5-8,16H2,1-2H3. The van der Waals surface area contributed by atoms with Gasteiger partial charge in [0, 0.05) is 33.2 Å². The molecule has 1 fully saturated rings. The molecule has 3 N–H and O–H groups in total. The highest BCUT2D eigenvalue weighted by Gasteiger charge is 2.41. The number of hydrazine groups is 1. The number of hydrogen-bond acceptors (Lipinski definition) is 5. The van der Waals surface area contributed by atoms with E-state index in [9.17, 15) is 4.39 Å². The number of nitrogens with one attached hydrogen (secondary N) is 1. The van der Waals surface area contributed by atoms with Crippen LogP contribution in [0.5, 0.6) is 5.75 Å². The van der Waals surface area contributed by atoms with Crippen molar-refractivity contribution in [2.45, 2.75) is 24.5 Å². The maximum Gasteiger partial charge on any atom is 0.165 e. The molecule has 1 aromatic rings. The second-order valence-electron chi connectivity index (χ2n) is 4.87. The molecule has 0 spiro atoms. The summed E-state index contributed by atoms with van der Waals surface area (Å²) >= 11 is 0. The van der Waals surface area contributed by atoms with Gasteiger partial charge in [0.2, 0.25) is 0 Å². The molecule has 0 bridgehead atoms. The first-order valence-corrected chi connectivity index (χ1v) is 6.59. The lowest BCUT2D eigenvalue weighted by molar-refractivity contribution is -0.111. The Morgan fingerprint density at radius 1 is 1.35 bits per heavy atom. The van der Waals surface area contributed by atoms with Gasteiger partial charge in [-0.25, -0.2) is 4.39 Å². The molecule has 1 aliphatic rings. The maximum atomic E-state index is 13.9. The largest absolute Gasteiger partial charge is 0.494 e. The molecule has 0 aliphatic carbocycles. The Morgan fingerprint density at radius 2 is 2.05 bits per heavy atom. The highest BCUT2D eigenvalue weighted by Crippen LogP contribution is 2.37. The van der Waals surface area contributed by atoms with Crippen molar-refractivity contribution >= 4 is 0 Å². The van der Waals surface area contributed by atoms with Gasteiger partial charge >= 0.3 is 0 Å². The van der Waals surface area contributed by atoms with Crippen LogP contribution in [0.4, 0.5) is 4.39 Å². The Balaban J connectivity index is 2.33. The third-order valence-electron chi connectivity index (χ3n) is 3.95. The molecule has 1 saturated heterocycles. The van der Waals surface area contributed by atoms with Crippen molar-refractivity contribution in [2.75, 3.05) is 27.4 Å². The van der Waals surface area contributed by atoms with E-state index in [1.54, 1.807) is 19.2 Å². The summed E-state index contributed by atoms with van der Waals surface area (Å²) in [4.78, 5) is 0. The summed E-state index contributed by atoms with van der Waals surface area (Å²) in [6.45, 7) is 1.20. The molecule has 1 atom stereocenters. The number of rotatable bonds is 5. The lowest BCUT2D eigenvalue weighted by atomic mass is 9.82. The van der Waals surface area contributed by atoms with Crippen molar-refractivity contribution in [3.05, 3.63) is 29.6 Å². The van der Waals surface area contributed by atoms with Crippen LogP contribution in [0.3, 0.4) is 0 Å². The van der Waals surface area contributed by atoms with Crippen molar-refractivity contribution in [1.82, 2.24) is 5.43 Å². The van der Waals surface area contributed by atoms with E-state index in [0.29, 0.717) is 26.1 Å². The molecule has 6 heteroatoms. The molecule has 2 rings (SSSR count). The minimum Gasteiger partial charge on any atom is -0.494 e. The Hall–Kier alpha value is -1.21. The smallest absolute Gasteiger partial charge is 0.165 e. The van der Waals surface area contributed by atoms with Crippen LogP contribution in [0.1, 0.15) is 24.4 Å². The number of ether oxygens (including phenoxy) is 3. The summed E-state index contributed by atoms with van der Waals surface area (Å²) in [5.74, 6) is 5.49. The van der Waals surface area contributed by atoms with Crippen molar-refractivity contribution in [3.8, 4) is 5.75 Å². The molecule has 5 nitrogen and oxygen atoms in total. The Labute approximate surface area is 118 Å². The highest BCUT2D eigenvalue weighted by molar-refractivity contribution is 5.32. The first-order chi connectivity index (χ1) is 9.66. The molecule has 1 aliphatic heterocycles. The van der Waals surface area contributed by atoms with Crippen LogP contribution < -0.4 is 16.0 Å². The lowest BCUT2D eigenvalue weighted by Gasteiger charge is -2.42. The first kappa shape index (κ1) is 15.2. The molecule has 1 heterocycles. The molecule has 0 saturated carbocycles. The van der Waals surface area contributed by atoms with E-state index in [4.69, 9.17) is 20.1 Å². The summed E-state index contributed by atoms with van der Waals surface area (Å²) in [7, 11) is 3.08. The van der Waals surface area contributed by atoms with Crippen molar-refractivity contribution in [2.24, 2.45) is 5.84 Å². The van der Waals surface area contributed by atoms with Crippen LogP contribution in [0.25, 0.3) is 0 Å². The molecule has 0 aromatic heterocycles. The molecular formula is C14H21FN2O3. The minimum atomic E-state index is -0.492. The fourth-order valence-corrected chi connectivity index (χ4v) is 2.74. The summed E-state index contributed by atoms with van der Waals surface area (Å²) in [6, 6.07) is 4.51. The molecule has 1 aromatic carbocycles. The number of halogens is 1. The molecule has 0 radical (unpaired) electrons. The predicted molar refractivity (Wildman–Crippen MR) is 72.8 cm³/mol. The Morgan fingerprint density at radius 3 is 2.55 bits per heavy atom. The average molecular weight is 284 g/mol. The highest BCUT2D eigenvalue weighted by atomic mass is 19.1. The van der Waals surface area contributed by atoms with Gasteiger partial charge < -0.3 is 14.2 Å². The second-order valence-corrected chi connectivity index (χ2v) is 4.87. The second kappa shape index (κ2) is 6.49. The van der Waals surface area contributed by atoms with Gasteiger partial charge in [0.05, 0.1) is 18.8 Å². The van der Waals surface area contributed by atoms with Gasteiger partial charge in [0.1, 0.15) is 0 Å². The van der Waals surface area contributed by atoms with Crippen LogP contribution in [0.15, 0.2) is 18.2 Å². The third kappa shape index (κ3) is 2.78. The van der Waals surface area contributed by atoms with E-state index < -0.39 is 11.4 Å². The van der Waals surface area contributed by atoms with E-state index in [0.717, 1.165) is 5.56 Å². The topological polar surface area (TPSA) is 65.7 Å². The fourth-order valence-electron chi connectivity index (χ4n) is 2.74. The van der Waals surface area contributed by atoms with Gasteiger partial charge in [0.15, 0.2) is 11.6 Å². The van der Waals surface area contributed by atoms with E-state index >= 15 is 0 Å². The summed E-state index contributed by atoms with van der Waals surface area (Å²) in [5.41, 5.74) is 3.00. The number of methoxy groups -OCH3 is 2.